The van der Waals surface area contributed by atoms with Crippen molar-refractivity contribution in [3.05, 3.63) is 42.6 Å². The number of carbonyl (C=O) groups excluding carboxylic acids is 1. The normalized spacial score (nSPS) is 19.4. The van der Waals surface area contributed by atoms with E-state index in [1.165, 1.54) is 6.08 Å². The first-order valence-corrected chi connectivity index (χ1v) is 6.19. The van der Waals surface area contributed by atoms with Crippen LogP contribution in [0.4, 0.5) is 0 Å². The van der Waals surface area contributed by atoms with Crippen molar-refractivity contribution in [1.29, 1.82) is 0 Å². The van der Waals surface area contributed by atoms with Crippen molar-refractivity contribution in [2.24, 2.45) is 0 Å². The molecule has 0 unspecified atom stereocenters. The van der Waals surface area contributed by atoms with Crippen LogP contribution in [0, 0.1) is 0 Å². The van der Waals surface area contributed by atoms with E-state index in [-0.39, 0.29) is 11.9 Å². The van der Waals surface area contributed by atoms with E-state index in [2.05, 4.69) is 10.2 Å². The van der Waals surface area contributed by atoms with Crippen LogP contribution in [0.5, 0.6) is 0 Å². The van der Waals surface area contributed by atoms with Gasteiger partial charge in [0.15, 0.2) is 0 Å². The molecule has 0 N–H and O–H groups in total. The molecule has 1 amide bonds. The van der Waals surface area contributed by atoms with Crippen LogP contribution < -0.4 is 0 Å². The third-order valence-electron chi connectivity index (χ3n) is 3.17. The molecule has 0 radical (unpaired) electrons. The maximum Gasteiger partial charge on any atom is 0.246 e. The summed E-state index contributed by atoms with van der Waals surface area (Å²) in [6, 6.07) is 3.78. The van der Waals surface area contributed by atoms with Gasteiger partial charge in [-0.1, -0.05) is 0 Å². The summed E-state index contributed by atoms with van der Waals surface area (Å²) in [7, 11) is 0. The number of amides is 1. The van der Waals surface area contributed by atoms with Crippen LogP contribution in [0.2, 0.25) is 0 Å². The Labute approximate surface area is 110 Å². The molecule has 1 aliphatic rings. The smallest absolute Gasteiger partial charge is 0.246 e. The average molecular weight is 258 g/mol. The van der Waals surface area contributed by atoms with Crippen LogP contribution in [-0.2, 0) is 4.79 Å². The first kappa shape index (κ1) is 11.7. The maximum atomic E-state index is 12.0. The van der Waals surface area contributed by atoms with E-state index in [0.717, 1.165) is 13.0 Å². The second-order valence-corrected chi connectivity index (χ2v) is 4.42. The molecule has 6 nitrogen and oxygen atoms in total. The highest BCUT2D eigenvalue weighted by Crippen LogP contribution is 2.20. The molecular weight excluding hydrogens is 244 g/mol. The van der Waals surface area contributed by atoms with E-state index in [0.29, 0.717) is 12.3 Å². The predicted molar refractivity (Wildman–Crippen MR) is 68.0 cm³/mol. The Morgan fingerprint density at radius 2 is 2.26 bits per heavy atom. The van der Waals surface area contributed by atoms with E-state index in [4.69, 9.17) is 4.42 Å². The van der Waals surface area contributed by atoms with Crippen LogP contribution in [-0.4, -0.2) is 38.9 Å². The quantitative estimate of drug-likeness (QED) is 0.780. The number of furan rings is 1. The lowest BCUT2D eigenvalue weighted by atomic mass is 10.3. The summed E-state index contributed by atoms with van der Waals surface area (Å²) in [5.74, 6) is 0.670. The van der Waals surface area contributed by atoms with Crippen molar-refractivity contribution in [2.45, 2.75) is 12.5 Å². The minimum Gasteiger partial charge on any atom is -0.465 e. The highest BCUT2D eigenvalue weighted by Gasteiger charge is 2.27. The lowest BCUT2D eigenvalue weighted by Gasteiger charge is -2.13. The zero-order valence-electron chi connectivity index (χ0n) is 10.3. The fourth-order valence-corrected chi connectivity index (χ4v) is 2.19. The molecule has 1 aliphatic heterocycles. The zero-order valence-corrected chi connectivity index (χ0v) is 10.3. The van der Waals surface area contributed by atoms with Crippen molar-refractivity contribution < 1.29 is 9.21 Å². The molecule has 0 aliphatic carbocycles. The summed E-state index contributed by atoms with van der Waals surface area (Å²) in [6.45, 7) is 1.38. The average Bonchev–Trinajstić information content (AvgIpc) is 3.14. The van der Waals surface area contributed by atoms with Crippen LogP contribution in [0.25, 0.3) is 6.08 Å². The van der Waals surface area contributed by atoms with Gasteiger partial charge in [-0.25, -0.2) is 0 Å². The van der Waals surface area contributed by atoms with Crippen LogP contribution in [0.3, 0.4) is 0 Å². The molecule has 98 valence electrons. The van der Waals surface area contributed by atoms with Crippen molar-refractivity contribution in [3.63, 3.8) is 0 Å². The summed E-state index contributed by atoms with van der Waals surface area (Å²) in [5.41, 5.74) is 0. The number of nitrogens with zero attached hydrogens (tertiary/aromatic N) is 4. The Kier molecular flexibility index (Phi) is 3.14. The Balaban J connectivity index is 1.60. The second kappa shape index (κ2) is 5.09. The molecule has 19 heavy (non-hydrogen) atoms. The molecule has 0 aromatic carbocycles. The van der Waals surface area contributed by atoms with Crippen LogP contribution in [0.15, 0.2) is 41.3 Å². The maximum absolute atomic E-state index is 12.0. The molecule has 0 spiro atoms. The second-order valence-electron chi connectivity index (χ2n) is 4.42. The molecular formula is C13H14N4O2. The number of hydrogen-bond acceptors (Lipinski definition) is 4. The fraction of sp³-hybridized carbons (Fsp3) is 0.308. The molecule has 2 aromatic rings. The third-order valence-corrected chi connectivity index (χ3v) is 3.17. The van der Waals surface area contributed by atoms with Crippen molar-refractivity contribution in [1.82, 2.24) is 19.9 Å². The number of carbonyl (C=O) groups is 1. The summed E-state index contributed by atoms with van der Waals surface area (Å²) < 4.78 is 5.14. The highest BCUT2D eigenvalue weighted by molar-refractivity contribution is 5.91. The van der Waals surface area contributed by atoms with E-state index in [1.807, 2.05) is 6.07 Å². The van der Waals surface area contributed by atoms with E-state index >= 15 is 0 Å². The van der Waals surface area contributed by atoms with Gasteiger partial charge in [-0.05, 0) is 24.6 Å². The highest BCUT2D eigenvalue weighted by atomic mass is 16.3. The molecule has 1 saturated heterocycles. The van der Waals surface area contributed by atoms with Gasteiger partial charge in [0, 0.05) is 19.2 Å². The minimum absolute atomic E-state index is 0.00828. The lowest BCUT2D eigenvalue weighted by Crippen LogP contribution is -2.27. The molecule has 0 saturated carbocycles. The summed E-state index contributed by atoms with van der Waals surface area (Å²) in [6.07, 6.45) is 9.00. The zero-order chi connectivity index (χ0) is 13.1. The monoisotopic (exact) mass is 258 g/mol. The molecule has 3 rings (SSSR count). The SMILES string of the molecule is O=C(/C=C/c1ccco1)N1CC[C@H](n2nccn2)C1. The molecule has 6 heteroatoms. The van der Waals surface area contributed by atoms with Gasteiger partial charge in [-0.15, -0.1) is 0 Å². The van der Waals surface area contributed by atoms with E-state index in [1.54, 1.807) is 40.5 Å². The molecule has 1 fully saturated rings. The summed E-state index contributed by atoms with van der Waals surface area (Å²) in [4.78, 5) is 15.5. The Bertz CT molecular complexity index is 559. The van der Waals surface area contributed by atoms with Gasteiger partial charge in [-0.2, -0.15) is 15.0 Å². The minimum atomic E-state index is -0.00828. The first-order chi connectivity index (χ1) is 9.33. The van der Waals surface area contributed by atoms with Gasteiger partial charge < -0.3 is 9.32 Å². The number of aromatic nitrogens is 3. The van der Waals surface area contributed by atoms with Crippen molar-refractivity contribution in [3.8, 4) is 0 Å². The molecule has 2 aromatic heterocycles. The number of hydrogen-bond donors (Lipinski definition) is 0. The standard InChI is InChI=1S/C13H14N4O2/c18-13(4-3-12-2-1-9-19-12)16-8-5-11(10-16)17-14-6-7-15-17/h1-4,6-7,9,11H,5,8,10H2/b4-3+/t11-/m0/s1. The van der Waals surface area contributed by atoms with E-state index in [9.17, 15) is 4.79 Å². The van der Waals surface area contributed by atoms with Crippen LogP contribution in [0.1, 0.15) is 18.2 Å². The van der Waals surface area contributed by atoms with Gasteiger partial charge in [0.25, 0.3) is 0 Å². The lowest BCUT2D eigenvalue weighted by molar-refractivity contribution is -0.125. The van der Waals surface area contributed by atoms with Gasteiger partial charge in [0.2, 0.25) is 5.91 Å². The van der Waals surface area contributed by atoms with Gasteiger partial charge in [0.1, 0.15) is 5.76 Å². The fourth-order valence-electron chi connectivity index (χ4n) is 2.19. The van der Waals surface area contributed by atoms with Crippen LogP contribution >= 0.6 is 0 Å². The molecule has 3 heterocycles. The Morgan fingerprint density at radius 3 is 3.00 bits per heavy atom. The van der Waals surface area contributed by atoms with Gasteiger partial charge >= 0.3 is 0 Å². The van der Waals surface area contributed by atoms with Gasteiger partial charge in [-0.3, -0.25) is 4.79 Å². The Morgan fingerprint density at radius 1 is 1.42 bits per heavy atom. The van der Waals surface area contributed by atoms with Crippen molar-refractivity contribution >= 4 is 12.0 Å². The predicted octanol–water partition coefficient (Wildman–Crippen LogP) is 1.36. The summed E-state index contributed by atoms with van der Waals surface area (Å²) in [5, 5.41) is 8.23. The number of likely N-dealkylation sites (tertiary alicyclic amines) is 1. The Hall–Kier alpha value is -2.37. The largest absolute Gasteiger partial charge is 0.465 e. The summed E-state index contributed by atoms with van der Waals surface area (Å²) >= 11 is 0. The van der Waals surface area contributed by atoms with Crippen molar-refractivity contribution in [2.75, 3.05) is 13.1 Å². The molecule has 1 atom stereocenters. The topological polar surface area (TPSA) is 64.2 Å². The van der Waals surface area contributed by atoms with E-state index < -0.39 is 0 Å². The first-order valence-electron chi connectivity index (χ1n) is 6.19. The number of rotatable bonds is 3. The third kappa shape index (κ3) is 2.57. The van der Waals surface area contributed by atoms with Gasteiger partial charge in [0.05, 0.1) is 24.7 Å². The molecule has 0 bridgehead atoms.